The third kappa shape index (κ3) is 7.52. The molecule has 3 aromatic rings. The van der Waals surface area contributed by atoms with Gasteiger partial charge in [-0.25, -0.2) is 14.2 Å². The van der Waals surface area contributed by atoms with Gasteiger partial charge in [-0.05, 0) is 81.4 Å². The molecule has 0 saturated carbocycles. The lowest BCUT2D eigenvalue weighted by atomic mass is 9.96. The number of aliphatic imine (C=N–C) groups is 1. The molecule has 244 valence electrons. The molecule has 0 radical (unpaired) electrons. The molecule has 2 aliphatic rings. The Morgan fingerprint density at radius 3 is 2.20 bits per heavy atom. The Kier molecular flexibility index (Phi) is 9.13. The topological polar surface area (TPSA) is 83.9 Å². The van der Waals surface area contributed by atoms with Gasteiger partial charge in [-0.3, -0.25) is 4.79 Å². The minimum atomic E-state index is -4.62. The van der Waals surface area contributed by atoms with Crippen LogP contribution in [0.25, 0.3) is 0 Å². The molecule has 1 fully saturated rings. The Bertz CT molecular complexity index is 1610. The van der Waals surface area contributed by atoms with Crippen molar-refractivity contribution in [1.82, 2.24) is 4.90 Å². The third-order valence-corrected chi connectivity index (χ3v) is 7.46. The summed E-state index contributed by atoms with van der Waals surface area (Å²) in [4.78, 5) is 35.8. The van der Waals surface area contributed by atoms with E-state index < -0.39 is 35.5 Å². The van der Waals surface area contributed by atoms with Gasteiger partial charge in [0.15, 0.2) is 0 Å². The van der Waals surface area contributed by atoms with Gasteiger partial charge < -0.3 is 28.9 Å². The highest BCUT2D eigenvalue weighted by molar-refractivity contribution is 6.01. The number of piperazine rings is 1. The van der Waals surface area contributed by atoms with Gasteiger partial charge in [0.25, 0.3) is 0 Å². The van der Waals surface area contributed by atoms with Crippen LogP contribution in [0.1, 0.15) is 44.4 Å². The summed E-state index contributed by atoms with van der Waals surface area (Å²) >= 11 is 0. The van der Waals surface area contributed by atoms with Crippen molar-refractivity contribution in [3.05, 3.63) is 83.7 Å². The molecule has 0 aliphatic carbocycles. The second-order valence-corrected chi connectivity index (χ2v) is 11.9. The molecular formula is C33H34F4N4O5. The first-order valence-electron chi connectivity index (χ1n) is 14.6. The number of ether oxygens (including phenoxy) is 3. The van der Waals surface area contributed by atoms with E-state index in [4.69, 9.17) is 14.5 Å². The van der Waals surface area contributed by atoms with Crippen molar-refractivity contribution in [2.24, 2.45) is 4.99 Å². The van der Waals surface area contributed by atoms with Gasteiger partial charge in [0, 0.05) is 43.1 Å². The van der Waals surface area contributed by atoms with Crippen molar-refractivity contribution >= 4 is 35.1 Å². The first-order chi connectivity index (χ1) is 21.7. The minimum absolute atomic E-state index is 0.107. The first kappa shape index (κ1) is 32.6. The molecule has 1 atom stereocenters. The number of carbonyl (C=O) groups is 2. The van der Waals surface area contributed by atoms with Crippen molar-refractivity contribution in [2.45, 2.75) is 45.0 Å². The molecule has 13 heteroatoms. The Hall–Kier alpha value is -4.81. The molecule has 3 aromatic carbocycles. The van der Waals surface area contributed by atoms with E-state index in [0.29, 0.717) is 43.4 Å². The summed E-state index contributed by atoms with van der Waals surface area (Å²) in [7, 11) is 1.16. The highest BCUT2D eigenvalue weighted by Crippen LogP contribution is 2.44. The van der Waals surface area contributed by atoms with Gasteiger partial charge in [-0.2, -0.15) is 13.2 Å². The normalized spacial score (nSPS) is 16.8. The van der Waals surface area contributed by atoms with E-state index in [9.17, 15) is 27.2 Å². The molecule has 5 rings (SSSR count). The number of anilines is 2. The van der Waals surface area contributed by atoms with Crippen molar-refractivity contribution in [1.29, 1.82) is 0 Å². The number of benzene rings is 3. The monoisotopic (exact) mass is 642 g/mol. The number of alkyl halides is 3. The summed E-state index contributed by atoms with van der Waals surface area (Å²) in [5.74, 6) is -0.469. The SMILES string of the molecule is COC(=O)Oc1ccc2c(c1)C(CC(=O)OC(C)(C)C)N(c1cccc(C(F)(F)F)c1)C(N1CCN(c3ccc(F)cc3)CC1)=N2. The molecule has 0 spiro atoms. The van der Waals surface area contributed by atoms with E-state index in [1.807, 2.05) is 4.90 Å². The van der Waals surface area contributed by atoms with Crippen LogP contribution in [0.3, 0.4) is 0 Å². The summed E-state index contributed by atoms with van der Waals surface area (Å²) in [5, 5.41) is 0. The lowest BCUT2D eigenvalue weighted by Crippen LogP contribution is -2.55. The zero-order valence-corrected chi connectivity index (χ0v) is 25.8. The van der Waals surface area contributed by atoms with Gasteiger partial charge in [0.2, 0.25) is 5.96 Å². The third-order valence-electron chi connectivity index (χ3n) is 7.46. The number of rotatable bonds is 5. The molecule has 2 aliphatic heterocycles. The Balaban J connectivity index is 1.59. The van der Waals surface area contributed by atoms with E-state index in [1.54, 1.807) is 43.9 Å². The maximum atomic E-state index is 13.9. The molecule has 2 heterocycles. The Labute approximate surface area is 264 Å². The van der Waals surface area contributed by atoms with Crippen LogP contribution in [-0.4, -0.2) is 61.9 Å². The number of esters is 1. The maximum Gasteiger partial charge on any atom is 0.513 e. The van der Waals surface area contributed by atoms with Crippen molar-refractivity contribution in [3.8, 4) is 5.75 Å². The number of hydrogen-bond acceptors (Lipinski definition) is 9. The smallest absolute Gasteiger partial charge is 0.460 e. The van der Waals surface area contributed by atoms with Crippen LogP contribution in [0.5, 0.6) is 5.75 Å². The standard InChI is InChI=1S/C33H34F4N4O5/c1-32(2,3)46-29(42)20-28-26-19-25(45-31(43)44-4)12-13-27(26)38-30(41(28)24-7-5-6-21(18-24)33(35,36)37)40-16-14-39(15-17-40)23-10-8-22(34)9-11-23/h5-13,18-19,28H,14-17,20H2,1-4H3. The fraction of sp³-hybridized carbons (Fsp3) is 0.364. The summed E-state index contributed by atoms with van der Waals surface area (Å²) in [5.41, 5.74) is 0.207. The van der Waals surface area contributed by atoms with E-state index in [-0.39, 0.29) is 23.7 Å². The Morgan fingerprint density at radius 2 is 1.57 bits per heavy atom. The molecule has 0 N–H and O–H groups in total. The number of halogens is 4. The second kappa shape index (κ2) is 12.9. The zero-order valence-electron chi connectivity index (χ0n) is 25.8. The average molecular weight is 643 g/mol. The molecule has 0 bridgehead atoms. The highest BCUT2D eigenvalue weighted by Gasteiger charge is 2.39. The van der Waals surface area contributed by atoms with Gasteiger partial charge >= 0.3 is 18.3 Å². The van der Waals surface area contributed by atoms with Gasteiger partial charge in [-0.15, -0.1) is 0 Å². The number of methoxy groups -OCH3 is 1. The van der Waals surface area contributed by atoms with Crippen molar-refractivity contribution in [2.75, 3.05) is 43.1 Å². The van der Waals surface area contributed by atoms with Gasteiger partial charge in [0.1, 0.15) is 17.2 Å². The molecule has 0 aromatic heterocycles. The molecule has 0 amide bonds. The van der Waals surface area contributed by atoms with E-state index >= 15 is 0 Å². The van der Waals surface area contributed by atoms with Crippen LogP contribution < -0.4 is 14.5 Å². The number of fused-ring (bicyclic) bond motifs is 1. The van der Waals surface area contributed by atoms with Gasteiger partial charge in [-0.1, -0.05) is 6.07 Å². The van der Waals surface area contributed by atoms with Crippen LogP contribution in [0.4, 0.5) is 39.4 Å². The minimum Gasteiger partial charge on any atom is -0.460 e. The van der Waals surface area contributed by atoms with Crippen molar-refractivity contribution < 1.29 is 41.4 Å². The highest BCUT2D eigenvalue weighted by atomic mass is 19.4. The van der Waals surface area contributed by atoms with E-state index in [0.717, 1.165) is 24.9 Å². The fourth-order valence-electron chi connectivity index (χ4n) is 5.45. The number of hydrogen-bond donors (Lipinski definition) is 0. The summed E-state index contributed by atoms with van der Waals surface area (Å²) in [6.45, 7) is 7.08. The lowest BCUT2D eigenvalue weighted by molar-refractivity contribution is -0.155. The molecule has 1 saturated heterocycles. The summed E-state index contributed by atoms with van der Waals surface area (Å²) < 4.78 is 70.8. The second-order valence-electron chi connectivity index (χ2n) is 11.9. The molecule has 9 nitrogen and oxygen atoms in total. The summed E-state index contributed by atoms with van der Waals surface area (Å²) in [6.07, 6.45) is -5.84. The van der Waals surface area contributed by atoms with Crippen LogP contribution in [0, 0.1) is 5.82 Å². The molecule has 1 unspecified atom stereocenters. The quantitative estimate of drug-likeness (QED) is 0.166. The fourth-order valence-corrected chi connectivity index (χ4v) is 5.45. The average Bonchev–Trinajstić information content (AvgIpc) is 3.00. The van der Waals surface area contributed by atoms with Crippen LogP contribution >= 0.6 is 0 Å². The predicted octanol–water partition coefficient (Wildman–Crippen LogP) is 7.09. The number of guanidine groups is 1. The lowest BCUT2D eigenvalue weighted by Gasteiger charge is -2.45. The first-order valence-corrected chi connectivity index (χ1v) is 14.6. The van der Waals surface area contributed by atoms with E-state index in [2.05, 4.69) is 9.64 Å². The molecular weight excluding hydrogens is 608 g/mol. The Morgan fingerprint density at radius 1 is 0.891 bits per heavy atom. The van der Waals surface area contributed by atoms with E-state index in [1.165, 1.54) is 36.4 Å². The largest absolute Gasteiger partial charge is 0.513 e. The van der Waals surface area contributed by atoms with Crippen LogP contribution in [0.2, 0.25) is 0 Å². The predicted molar refractivity (Wildman–Crippen MR) is 164 cm³/mol. The number of carbonyl (C=O) groups excluding carboxylic acids is 2. The van der Waals surface area contributed by atoms with Gasteiger partial charge in [0.05, 0.1) is 30.8 Å². The zero-order chi connectivity index (χ0) is 33.2. The number of nitrogens with zero attached hydrogens (tertiary/aromatic N) is 4. The van der Waals surface area contributed by atoms with Crippen LogP contribution in [-0.2, 0) is 20.4 Å². The van der Waals surface area contributed by atoms with Crippen molar-refractivity contribution in [3.63, 3.8) is 0 Å². The molecule has 46 heavy (non-hydrogen) atoms. The summed E-state index contributed by atoms with van der Waals surface area (Å²) in [6, 6.07) is 14.8. The maximum absolute atomic E-state index is 13.9. The van der Waals surface area contributed by atoms with Crippen LogP contribution in [0.15, 0.2) is 71.7 Å².